The van der Waals surface area contributed by atoms with Crippen LogP contribution >= 0.6 is 23.4 Å². The molecular formula is C24H19ClN2O3S. The number of nitrogens with one attached hydrogen (secondary N) is 1. The highest BCUT2D eigenvalue weighted by Crippen LogP contribution is 2.29. The minimum atomic E-state index is -0.170. The maximum absolute atomic E-state index is 12.3. The number of hydrogen-bond acceptors (Lipinski definition) is 5. The molecule has 0 atom stereocenters. The van der Waals surface area contributed by atoms with Crippen LogP contribution in [0, 0.1) is 0 Å². The van der Waals surface area contributed by atoms with E-state index in [1.165, 1.54) is 11.8 Å². The number of benzene rings is 3. The van der Waals surface area contributed by atoms with Gasteiger partial charge in [0.15, 0.2) is 5.17 Å². The first kappa shape index (κ1) is 21.0. The number of ether oxygens (including phenoxy) is 2. The SMILES string of the molecule is COc1ccc(N=C2NC(=O)/C(=C/c3ccc(OCc4ccccc4Cl)cc3)S2)cc1. The minimum absolute atomic E-state index is 0.170. The zero-order chi connectivity index (χ0) is 21.6. The van der Waals surface area contributed by atoms with Gasteiger partial charge in [-0.2, -0.15) is 0 Å². The number of hydrogen-bond donors (Lipinski definition) is 1. The maximum Gasteiger partial charge on any atom is 0.264 e. The third-order valence-electron chi connectivity index (χ3n) is 4.48. The molecule has 0 radical (unpaired) electrons. The van der Waals surface area contributed by atoms with E-state index in [2.05, 4.69) is 10.3 Å². The summed E-state index contributed by atoms with van der Waals surface area (Å²) in [6.07, 6.45) is 1.83. The number of carbonyl (C=O) groups is 1. The zero-order valence-corrected chi connectivity index (χ0v) is 18.2. The lowest BCUT2D eigenvalue weighted by Gasteiger charge is -2.08. The molecule has 156 valence electrons. The van der Waals surface area contributed by atoms with Crippen LogP contribution in [0.3, 0.4) is 0 Å². The standard InChI is InChI=1S/C24H19ClN2O3S/c1-29-19-12-8-18(9-13-19)26-24-27-23(28)22(31-24)14-16-6-10-20(11-7-16)30-15-17-4-2-3-5-21(17)25/h2-14H,15H2,1H3,(H,26,27,28)/b22-14-. The van der Waals surface area contributed by atoms with Crippen LogP contribution in [0.2, 0.25) is 5.02 Å². The van der Waals surface area contributed by atoms with Gasteiger partial charge in [0.1, 0.15) is 18.1 Å². The summed E-state index contributed by atoms with van der Waals surface area (Å²) < 4.78 is 10.9. The molecule has 0 bridgehead atoms. The monoisotopic (exact) mass is 450 g/mol. The lowest BCUT2D eigenvalue weighted by molar-refractivity contribution is -0.115. The van der Waals surface area contributed by atoms with E-state index in [0.29, 0.717) is 21.7 Å². The van der Waals surface area contributed by atoms with Crippen LogP contribution < -0.4 is 14.8 Å². The third-order valence-corrected chi connectivity index (χ3v) is 5.76. The summed E-state index contributed by atoms with van der Waals surface area (Å²) in [5.41, 5.74) is 2.57. The number of halogens is 1. The van der Waals surface area contributed by atoms with Gasteiger partial charge in [-0.05, 0) is 65.9 Å². The number of thioether (sulfide) groups is 1. The summed E-state index contributed by atoms with van der Waals surface area (Å²) in [5.74, 6) is 1.32. The fourth-order valence-electron chi connectivity index (χ4n) is 2.84. The van der Waals surface area contributed by atoms with Crippen LogP contribution in [0.5, 0.6) is 11.5 Å². The van der Waals surface area contributed by atoms with Crippen molar-refractivity contribution in [2.45, 2.75) is 6.61 Å². The Kier molecular flexibility index (Phi) is 6.60. The average molecular weight is 451 g/mol. The summed E-state index contributed by atoms with van der Waals surface area (Å²) in [4.78, 5) is 17.4. The van der Waals surface area contributed by atoms with E-state index in [1.54, 1.807) is 7.11 Å². The van der Waals surface area contributed by atoms with Crippen molar-refractivity contribution >= 4 is 46.2 Å². The number of amides is 1. The van der Waals surface area contributed by atoms with Gasteiger partial charge in [0.2, 0.25) is 0 Å². The van der Waals surface area contributed by atoms with Gasteiger partial charge >= 0.3 is 0 Å². The van der Waals surface area contributed by atoms with Crippen molar-refractivity contribution < 1.29 is 14.3 Å². The minimum Gasteiger partial charge on any atom is -0.497 e. The Morgan fingerprint density at radius 2 is 1.71 bits per heavy atom. The normalized spacial score (nSPS) is 15.9. The Labute approximate surface area is 189 Å². The number of amidine groups is 1. The second-order valence-corrected chi connectivity index (χ2v) is 8.07. The van der Waals surface area contributed by atoms with E-state index in [-0.39, 0.29) is 5.91 Å². The Morgan fingerprint density at radius 1 is 1.00 bits per heavy atom. The third kappa shape index (κ3) is 5.48. The summed E-state index contributed by atoms with van der Waals surface area (Å²) in [5, 5.41) is 4.02. The molecule has 1 N–H and O–H groups in total. The van der Waals surface area contributed by atoms with E-state index in [0.717, 1.165) is 28.3 Å². The first-order valence-electron chi connectivity index (χ1n) is 9.50. The van der Waals surface area contributed by atoms with Crippen molar-refractivity contribution in [3.63, 3.8) is 0 Å². The van der Waals surface area contributed by atoms with Crippen LogP contribution in [0.1, 0.15) is 11.1 Å². The van der Waals surface area contributed by atoms with E-state index in [1.807, 2.05) is 78.9 Å². The molecule has 4 rings (SSSR count). The molecule has 0 spiro atoms. The van der Waals surface area contributed by atoms with Crippen LogP contribution in [-0.2, 0) is 11.4 Å². The van der Waals surface area contributed by atoms with Crippen molar-refractivity contribution in [1.82, 2.24) is 5.32 Å². The van der Waals surface area contributed by atoms with Gasteiger partial charge < -0.3 is 14.8 Å². The van der Waals surface area contributed by atoms with Crippen LogP contribution in [0.15, 0.2) is 82.7 Å². The summed E-state index contributed by atoms with van der Waals surface area (Å²) >= 11 is 7.46. The van der Waals surface area contributed by atoms with Crippen LogP contribution in [-0.4, -0.2) is 18.2 Å². The summed E-state index contributed by atoms with van der Waals surface area (Å²) in [6.45, 7) is 0.392. The summed E-state index contributed by atoms with van der Waals surface area (Å²) in [6, 6.07) is 22.5. The molecule has 0 aliphatic carbocycles. The highest BCUT2D eigenvalue weighted by atomic mass is 35.5. The Balaban J connectivity index is 1.40. The number of aliphatic imine (C=N–C) groups is 1. The van der Waals surface area contributed by atoms with Crippen molar-refractivity contribution in [2.24, 2.45) is 4.99 Å². The van der Waals surface area contributed by atoms with Crippen molar-refractivity contribution in [1.29, 1.82) is 0 Å². The van der Waals surface area contributed by atoms with Crippen molar-refractivity contribution in [2.75, 3.05) is 7.11 Å². The van der Waals surface area contributed by atoms with Gasteiger partial charge in [-0.1, -0.05) is 41.9 Å². The molecule has 1 fully saturated rings. The molecule has 3 aromatic carbocycles. The first-order chi connectivity index (χ1) is 15.1. The summed E-state index contributed by atoms with van der Waals surface area (Å²) in [7, 11) is 1.61. The van der Waals surface area contributed by atoms with E-state index in [9.17, 15) is 4.79 Å². The second-order valence-electron chi connectivity index (χ2n) is 6.63. The van der Waals surface area contributed by atoms with Gasteiger partial charge in [0.25, 0.3) is 5.91 Å². The zero-order valence-electron chi connectivity index (χ0n) is 16.7. The van der Waals surface area contributed by atoms with Gasteiger partial charge in [-0.15, -0.1) is 0 Å². The topological polar surface area (TPSA) is 59.9 Å². The van der Waals surface area contributed by atoms with Gasteiger partial charge in [0, 0.05) is 10.6 Å². The molecule has 3 aromatic rings. The van der Waals surface area contributed by atoms with Gasteiger partial charge in [-0.3, -0.25) is 4.79 Å². The van der Waals surface area contributed by atoms with Crippen molar-refractivity contribution in [3.8, 4) is 11.5 Å². The smallest absolute Gasteiger partial charge is 0.264 e. The maximum atomic E-state index is 12.3. The predicted molar refractivity (Wildman–Crippen MR) is 126 cm³/mol. The number of methoxy groups -OCH3 is 1. The molecule has 5 nitrogen and oxygen atoms in total. The molecule has 1 aliphatic heterocycles. The molecular weight excluding hydrogens is 432 g/mol. The molecule has 31 heavy (non-hydrogen) atoms. The van der Waals surface area contributed by atoms with E-state index >= 15 is 0 Å². The number of nitrogens with zero attached hydrogens (tertiary/aromatic N) is 1. The largest absolute Gasteiger partial charge is 0.497 e. The lowest BCUT2D eigenvalue weighted by Crippen LogP contribution is -2.19. The molecule has 1 amide bonds. The van der Waals surface area contributed by atoms with E-state index < -0.39 is 0 Å². The lowest BCUT2D eigenvalue weighted by atomic mass is 10.2. The Morgan fingerprint density at radius 3 is 2.42 bits per heavy atom. The molecule has 0 saturated carbocycles. The van der Waals surface area contributed by atoms with Crippen LogP contribution in [0.4, 0.5) is 5.69 Å². The van der Waals surface area contributed by atoms with Crippen LogP contribution in [0.25, 0.3) is 6.08 Å². The van der Waals surface area contributed by atoms with Gasteiger partial charge in [0.05, 0.1) is 17.7 Å². The first-order valence-corrected chi connectivity index (χ1v) is 10.7. The predicted octanol–water partition coefficient (Wildman–Crippen LogP) is 5.82. The fraction of sp³-hybridized carbons (Fsp3) is 0.0833. The Bertz CT molecular complexity index is 1140. The fourth-order valence-corrected chi connectivity index (χ4v) is 3.87. The highest BCUT2D eigenvalue weighted by molar-refractivity contribution is 8.18. The molecule has 0 aromatic heterocycles. The Hall–Kier alpha value is -3.22. The average Bonchev–Trinajstić information content (AvgIpc) is 3.13. The highest BCUT2D eigenvalue weighted by Gasteiger charge is 2.23. The van der Waals surface area contributed by atoms with Crippen molar-refractivity contribution in [3.05, 3.63) is 93.9 Å². The molecule has 0 unspecified atom stereocenters. The molecule has 1 aliphatic rings. The van der Waals surface area contributed by atoms with Gasteiger partial charge in [-0.25, -0.2) is 4.99 Å². The molecule has 1 heterocycles. The molecule has 7 heteroatoms. The number of carbonyl (C=O) groups excluding carboxylic acids is 1. The second kappa shape index (κ2) is 9.73. The number of rotatable bonds is 6. The van der Waals surface area contributed by atoms with E-state index in [4.69, 9.17) is 21.1 Å². The molecule has 1 saturated heterocycles. The quantitative estimate of drug-likeness (QED) is 0.481.